The molecule has 0 radical (unpaired) electrons. The molecule has 2 rings (SSSR count). The maximum atomic E-state index is 12.5. The number of amides is 2. The van der Waals surface area contributed by atoms with Gasteiger partial charge in [0, 0.05) is 27.8 Å². The summed E-state index contributed by atoms with van der Waals surface area (Å²) in [4.78, 5) is 26.5. The molecule has 1 atom stereocenters. The third kappa shape index (κ3) is 6.51. The van der Waals surface area contributed by atoms with Crippen molar-refractivity contribution < 1.29 is 14.9 Å². The lowest BCUT2D eigenvalue weighted by atomic mass is 10.1. The molecule has 2 aromatic rings. The van der Waals surface area contributed by atoms with Crippen LogP contribution in [0.2, 0.25) is 10.0 Å². The number of nitrogens with one attached hydrogen (secondary N) is 1. The first kappa shape index (κ1) is 22.2. The topological polar surface area (TPSA) is 66.0 Å². The molecule has 0 saturated carbocycles. The van der Waals surface area contributed by atoms with Crippen LogP contribution in [0.15, 0.2) is 42.5 Å². The quantitative estimate of drug-likeness (QED) is 0.684. The zero-order valence-electron chi connectivity index (χ0n) is 16.3. The number of rotatable bonds is 8. The zero-order chi connectivity index (χ0) is 20.7. The van der Waals surface area contributed by atoms with Gasteiger partial charge in [-0.1, -0.05) is 41.4 Å². The minimum absolute atomic E-state index is 0.00442. The molecule has 0 aliphatic carbocycles. The van der Waals surface area contributed by atoms with Gasteiger partial charge in [0.2, 0.25) is 5.91 Å². The number of quaternary nitrogens is 1. The van der Waals surface area contributed by atoms with Crippen molar-refractivity contribution in [3.63, 3.8) is 0 Å². The second-order valence-corrected chi connectivity index (χ2v) is 7.57. The molecule has 3 N–H and O–H groups in total. The monoisotopic (exact) mass is 422 g/mol. The van der Waals surface area contributed by atoms with Crippen LogP contribution in [0, 0.1) is 6.92 Å². The summed E-state index contributed by atoms with van der Waals surface area (Å²) in [6, 6.07) is 13.0. The Hall–Kier alpha value is -2.08. The molecule has 0 spiro atoms. The number of benzene rings is 2. The van der Waals surface area contributed by atoms with Gasteiger partial charge in [0.15, 0.2) is 6.54 Å². The van der Waals surface area contributed by atoms with Gasteiger partial charge >= 0.3 is 0 Å². The van der Waals surface area contributed by atoms with E-state index in [2.05, 4.69) is 5.32 Å². The fourth-order valence-electron chi connectivity index (χ4n) is 2.78. The van der Waals surface area contributed by atoms with Crippen LogP contribution in [0.1, 0.15) is 31.0 Å². The van der Waals surface area contributed by atoms with Gasteiger partial charge in [-0.3, -0.25) is 9.59 Å². The first-order chi connectivity index (χ1) is 13.3. The minimum Gasteiger partial charge on any atom is -0.333 e. The molecule has 5 nitrogen and oxygen atoms in total. The van der Waals surface area contributed by atoms with E-state index in [-0.39, 0.29) is 30.9 Å². The predicted molar refractivity (Wildman–Crippen MR) is 114 cm³/mol. The Morgan fingerprint density at radius 2 is 1.75 bits per heavy atom. The maximum Gasteiger partial charge on any atom is 0.278 e. The van der Waals surface area contributed by atoms with Gasteiger partial charge in [-0.25, -0.2) is 0 Å². The zero-order valence-corrected chi connectivity index (χ0v) is 17.8. The van der Waals surface area contributed by atoms with Gasteiger partial charge in [0.1, 0.15) is 12.6 Å². The number of nitrogens with two attached hydrogens (primary N) is 1. The number of likely N-dealkylation sites (N-methyl/N-ethyl adjacent to an activating group) is 1. The van der Waals surface area contributed by atoms with Crippen molar-refractivity contribution in [2.45, 2.75) is 26.8 Å². The van der Waals surface area contributed by atoms with E-state index < -0.39 is 0 Å². The highest BCUT2D eigenvalue weighted by Gasteiger charge is 2.19. The Bertz CT molecular complexity index is 825. The van der Waals surface area contributed by atoms with E-state index in [0.717, 1.165) is 11.1 Å². The van der Waals surface area contributed by atoms with E-state index in [1.54, 1.807) is 17.0 Å². The summed E-state index contributed by atoms with van der Waals surface area (Å²) in [5, 5.41) is 6.01. The molecule has 7 heteroatoms. The van der Waals surface area contributed by atoms with Crippen molar-refractivity contribution in [3.05, 3.63) is 63.6 Å². The van der Waals surface area contributed by atoms with E-state index in [9.17, 15) is 9.59 Å². The van der Waals surface area contributed by atoms with Crippen LogP contribution >= 0.6 is 23.2 Å². The highest BCUT2D eigenvalue weighted by Crippen LogP contribution is 2.20. The van der Waals surface area contributed by atoms with Gasteiger partial charge in [-0.15, -0.1) is 0 Å². The van der Waals surface area contributed by atoms with Crippen molar-refractivity contribution in [3.8, 4) is 0 Å². The van der Waals surface area contributed by atoms with Crippen LogP contribution in [0.25, 0.3) is 0 Å². The number of hydrogen-bond donors (Lipinski definition) is 2. The SMILES string of the molecule is CCN(CC(=O)Nc1cc(Cl)ccc1C)C(=O)C[NH2+][C@@H](C)c1ccc(Cl)cc1. The Balaban J connectivity index is 1.89. The minimum atomic E-state index is -0.244. The van der Waals surface area contributed by atoms with Crippen LogP contribution in [-0.4, -0.2) is 36.3 Å². The van der Waals surface area contributed by atoms with E-state index >= 15 is 0 Å². The number of carbonyl (C=O) groups excluding carboxylic acids is 2. The third-order valence-corrected chi connectivity index (χ3v) is 5.07. The van der Waals surface area contributed by atoms with E-state index in [1.165, 1.54) is 0 Å². The normalized spacial score (nSPS) is 11.8. The molecule has 0 heterocycles. The van der Waals surface area contributed by atoms with E-state index in [4.69, 9.17) is 23.2 Å². The summed E-state index contributed by atoms with van der Waals surface area (Å²) in [6.45, 7) is 6.51. The largest absolute Gasteiger partial charge is 0.333 e. The fourth-order valence-corrected chi connectivity index (χ4v) is 3.08. The van der Waals surface area contributed by atoms with Crippen LogP contribution in [0.5, 0.6) is 0 Å². The average molecular weight is 423 g/mol. The highest BCUT2D eigenvalue weighted by molar-refractivity contribution is 6.31. The fraction of sp³-hybridized carbons (Fsp3) is 0.333. The Labute approximate surface area is 176 Å². The summed E-state index contributed by atoms with van der Waals surface area (Å²) in [5.41, 5.74) is 2.66. The van der Waals surface area contributed by atoms with E-state index in [1.807, 2.05) is 56.4 Å². The smallest absolute Gasteiger partial charge is 0.278 e. The molecule has 0 unspecified atom stereocenters. The number of carbonyl (C=O) groups is 2. The first-order valence-electron chi connectivity index (χ1n) is 9.22. The number of anilines is 1. The summed E-state index contributed by atoms with van der Waals surface area (Å²) in [5.74, 6) is -0.326. The molecular weight excluding hydrogens is 397 g/mol. The molecule has 2 amide bonds. The molecule has 0 fully saturated rings. The van der Waals surface area contributed by atoms with Gasteiger partial charge < -0.3 is 15.5 Å². The summed E-state index contributed by atoms with van der Waals surface area (Å²) in [6.07, 6.45) is 0. The van der Waals surface area contributed by atoms with Gasteiger partial charge in [0.25, 0.3) is 5.91 Å². The number of hydrogen-bond acceptors (Lipinski definition) is 2. The Morgan fingerprint density at radius 1 is 1.11 bits per heavy atom. The third-order valence-electron chi connectivity index (χ3n) is 4.58. The van der Waals surface area contributed by atoms with Crippen molar-refractivity contribution >= 4 is 40.7 Å². The van der Waals surface area contributed by atoms with Gasteiger partial charge in [-0.2, -0.15) is 0 Å². The summed E-state index contributed by atoms with van der Waals surface area (Å²) < 4.78 is 0. The number of aryl methyl sites for hydroxylation is 1. The second kappa shape index (κ2) is 10.5. The molecule has 0 aliphatic rings. The lowest BCUT2D eigenvalue weighted by Gasteiger charge is -2.21. The van der Waals surface area contributed by atoms with Crippen LogP contribution in [-0.2, 0) is 9.59 Å². The highest BCUT2D eigenvalue weighted by atomic mass is 35.5. The average Bonchev–Trinajstić information content (AvgIpc) is 2.67. The van der Waals surface area contributed by atoms with Crippen LogP contribution in [0.3, 0.4) is 0 Å². The second-order valence-electron chi connectivity index (χ2n) is 6.70. The Morgan fingerprint density at radius 3 is 2.39 bits per heavy atom. The molecular formula is C21H26Cl2N3O2+. The Kier molecular flexibility index (Phi) is 8.30. The maximum absolute atomic E-state index is 12.5. The molecule has 2 aromatic carbocycles. The lowest BCUT2D eigenvalue weighted by Crippen LogP contribution is -2.87. The molecule has 150 valence electrons. The van der Waals surface area contributed by atoms with Crippen molar-refractivity contribution in [2.24, 2.45) is 0 Å². The van der Waals surface area contributed by atoms with Crippen molar-refractivity contribution in [1.29, 1.82) is 0 Å². The molecule has 0 aliphatic heterocycles. The van der Waals surface area contributed by atoms with Gasteiger partial charge in [0.05, 0.1) is 0 Å². The molecule has 28 heavy (non-hydrogen) atoms. The van der Waals surface area contributed by atoms with E-state index in [0.29, 0.717) is 22.3 Å². The van der Waals surface area contributed by atoms with Crippen molar-refractivity contribution in [1.82, 2.24) is 4.90 Å². The van der Waals surface area contributed by atoms with Crippen LogP contribution in [0.4, 0.5) is 5.69 Å². The molecule has 0 bridgehead atoms. The number of halogens is 2. The van der Waals surface area contributed by atoms with Crippen LogP contribution < -0.4 is 10.6 Å². The summed E-state index contributed by atoms with van der Waals surface area (Å²) >= 11 is 11.9. The molecule has 0 saturated heterocycles. The van der Waals surface area contributed by atoms with Gasteiger partial charge in [-0.05, 0) is 50.6 Å². The standard InChI is InChI=1S/C21H25Cl2N3O2/c1-4-26(13-20(27)25-19-11-18(23)8-5-14(19)2)21(28)12-24-15(3)16-6-9-17(22)10-7-16/h5-11,15,24H,4,12-13H2,1-3H3,(H,25,27)/p+1/t15-/m0/s1. The molecule has 0 aromatic heterocycles. The first-order valence-corrected chi connectivity index (χ1v) is 9.98. The predicted octanol–water partition coefficient (Wildman–Crippen LogP) is 3.41. The van der Waals surface area contributed by atoms with Crippen molar-refractivity contribution in [2.75, 3.05) is 25.0 Å². The summed E-state index contributed by atoms with van der Waals surface area (Å²) in [7, 11) is 0. The lowest BCUT2D eigenvalue weighted by molar-refractivity contribution is -0.683. The number of nitrogens with zero attached hydrogens (tertiary/aromatic N) is 1.